The Kier molecular flexibility index (Phi) is 4.36. The lowest BCUT2D eigenvalue weighted by Gasteiger charge is -2.33. The largest absolute Gasteiger partial charge is 0.508 e. The van der Waals surface area contributed by atoms with Crippen molar-refractivity contribution in [1.82, 2.24) is 4.98 Å². The van der Waals surface area contributed by atoms with E-state index in [0.29, 0.717) is 5.02 Å². The first kappa shape index (κ1) is 16.0. The molecule has 1 aliphatic heterocycles. The molecule has 0 unspecified atom stereocenters. The minimum absolute atomic E-state index is 0.194. The summed E-state index contributed by atoms with van der Waals surface area (Å²) in [6.07, 6.45) is 2.07. The number of anilines is 1. The van der Waals surface area contributed by atoms with Crippen molar-refractivity contribution in [2.45, 2.75) is 18.9 Å². The molecule has 128 valence electrons. The van der Waals surface area contributed by atoms with E-state index in [-0.39, 0.29) is 11.9 Å². The van der Waals surface area contributed by atoms with Crippen LogP contribution in [0.5, 0.6) is 11.5 Å². The maximum atomic E-state index is 9.65. The van der Waals surface area contributed by atoms with Crippen LogP contribution in [0.1, 0.15) is 12.8 Å². The number of phenolic OH excluding ortho intramolecular Hbond substituents is 1. The van der Waals surface area contributed by atoms with Gasteiger partial charge in [-0.15, -0.1) is 0 Å². The average Bonchev–Trinajstić information content (AvgIpc) is 2.62. The van der Waals surface area contributed by atoms with Gasteiger partial charge in [0.15, 0.2) is 0 Å². The standard InChI is InChI=1S/C20H19ClN2O2/c21-15-2-1-3-18(12-15)25-17-8-10-23(11-9-17)20-7-5-14-4-6-16(24)13-19(14)22-20/h1-7,12-13,17,24H,8-11H2. The van der Waals surface area contributed by atoms with Crippen LogP contribution < -0.4 is 9.64 Å². The lowest BCUT2D eigenvalue weighted by molar-refractivity contribution is 0.171. The van der Waals surface area contributed by atoms with Crippen LogP contribution >= 0.6 is 11.6 Å². The molecule has 0 amide bonds. The molecule has 0 bridgehead atoms. The van der Waals surface area contributed by atoms with Gasteiger partial charge >= 0.3 is 0 Å². The van der Waals surface area contributed by atoms with Crippen LogP contribution in [0.2, 0.25) is 5.02 Å². The van der Waals surface area contributed by atoms with Gasteiger partial charge < -0.3 is 14.7 Å². The Hall–Kier alpha value is -2.46. The molecule has 1 aliphatic rings. The van der Waals surface area contributed by atoms with Gasteiger partial charge in [-0.05, 0) is 42.5 Å². The van der Waals surface area contributed by atoms with E-state index in [1.165, 1.54) is 0 Å². The monoisotopic (exact) mass is 354 g/mol. The fraction of sp³-hybridized carbons (Fsp3) is 0.250. The molecule has 3 aromatic rings. The van der Waals surface area contributed by atoms with Gasteiger partial charge in [-0.25, -0.2) is 4.98 Å². The highest BCUT2D eigenvalue weighted by Gasteiger charge is 2.21. The second-order valence-electron chi connectivity index (χ2n) is 6.31. The normalized spacial score (nSPS) is 15.5. The molecular weight excluding hydrogens is 336 g/mol. The number of nitrogens with zero attached hydrogens (tertiary/aromatic N) is 2. The van der Waals surface area contributed by atoms with Gasteiger partial charge in [0, 0.05) is 42.4 Å². The first-order valence-electron chi connectivity index (χ1n) is 8.44. The zero-order chi connectivity index (χ0) is 17.2. The second-order valence-corrected chi connectivity index (χ2v) is 6.74. The third kappa shape index (κ3) is 3.64. The number of piperidine rings is 1. The molecule has 4 rings (SSSR count). The smallest absolute Gasteiger partial charge is 0.129 e. The number of halogens is 1. The van der Waals surface area contributed by atoms with Gasteiger partial charge in [-0.3, -0.25) is 0 Å². The number of pyridine rings is 1. The molecule has 0 spiro atoms. The quantitative estimate of drug-likeness (QED) is 0.744. The van der Waals surface area contributed by atoms with Gasteiger partial charge in [-0.2, -0.15) is 0 Å². The van der Waals surface area contributed by atoms with Crippen molar-refractivity contribution >= 4 is 28.3 Å². The maximum absolute atomic E-state index is 9.65. The summed E-state index contributed by atoms with van der Waals surface area (Å²) >= 11 is 6.01. The van der Waals surface area contributed by atoms with Crippen molar-refractivity contribution in [3.63, 3.8) is 0 Å². The van der Waals surface area contributed by atoms with E-state index < -0.39 is 0 Å². The Morgan fingerprint density at radius 1 is 1.04 bits per heavy atom. The first-order chi connectivity index (χ1) is 12.2. The molecular formula is C20H19ClN2O2. The Balaban J connectivity index is 1.43. The van der Waals surface area contributed by atoms with Gasteiger partial charge in [0.1, 0.15) is 23.4 Å². The number of fused-ring (bicyclic) bond motifs is 1. The highest BCUT2D eigenvalue weighted by Crippen LogP contribution is 2.26. The molecule has 0 saturated carbocycles. The predicted octanol–water partition coefficient (Wildman–Crippen LogP) is 4.64. The third-order valence-electron chi connectivity index (χ3n) is 4.53. The molecule has 25 heavy (non-hydrogen) atoms. The molecule has 1 N–H and O–H groups in total. The number of benzene rings is 2. The number of phenols is 1. The summed E-state index contributed by atoms with van der Waals surface area (Å²) in [5.41, 5.74) is 0.815. The van der Waals surface area contributed by atoms with Crippen LogP contribution in [0.3, 0.4) is 0 Å². The van der Waals surface area contributed by atoms with Crippen molar-refractivity contribution in [2.75, 3.05) is 18.0 Å². The van der Waals surface area contributed by atoms with Crippen molar-refractivity contribution in [2.24, 2.45) is 0 Å². The molecule has 0 radical (unpaired) electrons. The van der Waals surface area contributed by atoms with Gasteiger partial charge in [0.25, 0.3) is 0 Å². The molecule has 5 heteroatoms. The van der Waals surface area contributed by atoms with Gasteiger partial charge in [-0.1, -0.05) is 17.7 Å². The van der Waals surface area contributed by atoms with Crippen molar-refractivity contribution in [3.05, 3.63) is 59.6 Å². The molecule has 0 atom stereocenters. The van der Waals surface area contributed by atoms with E-state index in [1.54, 1.807) is 12.1 Å². The van der Waals surface area contributed by atoms with Crippen LogP contribution in [-0.4, -0.2) is 29.3 Å². The van der Waals surface area contributed by atoms with E-state index in [9.17, 15) is 5.11 Å². The van der Waals surface area contributed by atoms with Crippen molar-refractivity contribution in [1.29, 1.82) is 0 Å². The summed E-state index contributed by atoms with van der Waals surface area (Å²) in [6.45, 7) is 1.78. The summed E-state index contributed by atoms with van der Waals surface area (Å²) < 4.78 is 6.04. The zero-order valence-electron chi connectivity index (χ0n) is 13.7. The van der Waals surface area contributed by atoms with Crippen molar-refractivity contribution < 1.29 is 9.84 Å². The van der Waals surface area contributed by atoms with Crippen LogP contribution in [0, 0.1) is 0 Å². The molecule has 1 fully saturated rings. The summed E-state index contributed by atoms with van der Waals surface area (Å²) in [4.78, 5) is 6.95. The molecule has 2 heterocycles. The number of hydrogen-bond acceptors (Lipinski definition) is 4. The lowest BCUT2D eigenvalue weighted by Crippen LogP contribution is -2.38. The van der Waals surface area contributed by atoms with E-state index in [1.807, 2.05) is 42.5 Å². The Bertz CT molecular complexity index is 892. The molecule has 1 aromatic heterocycles. The molecule has 2 aromatic carbocycles. The number of rotatable bonds is 3. The van der Waals surface area contributed by atoms with Crippen LogP contribution in [0.4, 0.5) is 5.82 Å². The van der Waals surface area contributed by atoms with Crippen LogP contribution in [0.15, 0.2) is 54.6 Å². The fourth-order valence-corrected chi connectivity index (χ4v) is 3.39. The Morgan fingerprint density at radius 2 is 1.84 bits per heavy atom. The molecule has 1 saturated heterocycles. The van der Waals surface area contributed by atoms with E-state index >= 15 is 0 Å². The lowest BCUT2D eigenvalue weighted by atomic mass is 10.1. The van der Waals surface area contributed by atoms with Crippen LogP contribution in [-0.2, 0) is 0 Å². The SMILES string of the molecule is Oc1ccc2ccc(N3CCC(Oc4cccc(Cl)c4)CC3)nc2c1. The first-order valence-corrected chi connectivity index (χ1v) is 8.82. The zero-order valence-corrected chi connectivity index (χ0v) is 14.5. The van der Waals surface area contributed by atoms with Gasteiger partial charge in [0.2, 0.25) is 0 Å². The van der Waals surface area contributed by atoms with Crippen LogP contribution in [0.25, 0.3) is 10.9 Å². The van der Waals surface area contributed by atoms with Crippen molar-refractivity contribution in [3.8, 4) is 11.5 Å². The Morgan fingerprint density at radius 3 is 2.64 bits per heavy atom. The fourth-order valence-electron chi connectivity index (χ4n) is 3.21. The summed E-state index contributed by atoms with van der Waals surface area (Å²) in [5.74, 6) is 2.01. The molecule has 0 aliphatic carbocycles. The van der Waals surface area contributed by atoms with E-state index in [2.05, 4.69) is 9.88 Å². The maximum Gasteiger partial charge on any atom is 0.129 e. The number of aromatic hydroxyl groups is 1. The van der Waals surface area contributed by atoms with E-state index in [0.717, 1.165) is 48.4 Å². The minimum Gasteiger partial charge on any atom is -0.508 e. The topological polar surface area (TPSA) is 45.6 Å². The summed E-state index contributed by atoms with van der Waals surface area (Å²) in [7, 11) is 0. The number of ether oxygens (including phenoxy) is 1. The minimum atomic E-state index is 0.194. The predicted molar refractivity (Wildman–Crippen MR) is 101 cm³/mol. The third-order valence-corrected chi connectivity index (χ3v) is 4.76. The Labute approximate surface area is 151 Å². The summed E-state index contributed by atoms with van der Waals surface area (Å²) in [6, 6.07) is 16.9. The molecule has 4 nitrogen and oxygen atoms in total. The van der Waals surface area contributed by atoms with E-state index in [4.69, 9.17) is 16.3 Å². The highest BCUT2D eigenvalue weighted by molar-refractivity contribution is 6.30. The highest BCUT2D eigenvalue weighted by atomic mass is 35.5. The van der Waals surface area contributed by atoms with Gasteiger partial charge in [0.05, 0.1) is 5.52 Å². The number of hydrogen-bond donors (Lipinski definition) is 1. The number of aromatic nitrogens is 1. The summed E-state index contributed by atoms with van der Waals surface area (Å²) in [5, 5.41) is 11.4. The average molecular weight is 355 g/mol. The second kappa shape index (κ2) is 6.81.